The molecule has 5 N–H and O–H groups in total. The Bertz CT molecular complexity index is 3520. The number of fused-ring (bicyclic) bond motifs is 2. The van der Waals surface area contributed by atoms with E-state index < -0.39 is 29.5 Å². The number of dihydropyridines is 1. The Kier molecular flexibility index (Phi) is 15.4. The van der Waals surface area contributed by atoms with Crippen LogP contribution < -0.4 is 21.1 Å². The Morgan fingerprint density at radius 1 is 0.795 bits per heavy atom. The molecule has 0 saturated heterocycles. The number of hydrogen-bond donors (Lipinski definition) is 5. The van der Waals surface area contributed by atoms with E-state index in [2.05, 4.69) is 148 Å². The van der Waals surface area contributed by atoms with Gasteiger partial charge in [0.15, 0.2) is 0 Å². The maximum absolute atomic E-state index is 14.7. The van der Waals surface area contributed by atoms with E-state index in [1.165, 1.54) is 114 Å². The molecule has 16 atom stereocenters. The largest absolute Gasteiger partial charge is 0.481 e. The first kappa shape index (κ1) is 59.2. The predicted molar refractivity (Wildman–Crippen MR) is 357 cm³/mol. The van der Waals surface area contributed by atoms with Gasteiger partial charge in [0, 0.05) is 46.6 Å². The van der Waals surface area contributed by atoms with Crippen LogP contribution >= 0.6 is 0 Å². The Morgan fingerprint density at radius 2 is 1.61 bits per heavy atom. The number of hydrogen-bond acceptors (Lipinski definition) is 5. The van der Waals surface area contributed by atoms with E-state index in [4.69, 9.17) is 6.58 Å². The highest BCUT2D eigenvalue weighted by molar-refractivity contribution is 5.78. The van der Waals surface area contributed by atoms with Gasteiger partial charge in [-0.25, -0.2) is 0 Å². The molecule has 14 bridgehead atoms. The molecule has 3 aromatic rings. The van der Waals surface area contributed by atoms with Crippen LogP contribution in [0.25, 0.3) is 17.2 Å². The van der Waals surface area contributed by atoms with Gasteiger partial charge in [0.25, 0.3) is 0 Å². The normalized spacial score (nSPS) is 39.6. The first-order chi connectivity index (χ1) is 42.6. The van der Waals surface area contributed by atoms with Crippen LogP contribution in [0.15, 0.2) is 143 Å². The van der Waals surface area contributed by atoms with E-state index in [-0.39, 0.29) is 39.4 Å². The van der Waals surface area contributed by atoms with E-state index in [1.807, 2.05) is 0 Å². The fourth-order valence-corrected chi connectivity index (χ4v) is 24.4. The lowest BCUT2D eigenvalue weighted by molar-refractivity contribution is -0.169. The van der Waals surface area contributed by atoms with Crippen LogP contribution in [0.2, 0.25) is 0 Å². The molecule has 5 fully saturated rings. The molecule has 88 heavy (non-hydrogen) atoms. The number of carbonyl (C=O) groups is 1. The van der Waals surface area contributed by atoms with E-state index in [1.54, 1.807) is 16.7 Å². The first-order valence-electron chi connectivity index (χ1n) is 35.9. The zero-order valence-electron chi connectivity index (χ0n) is 53.9. The molecule has 19 rings (SSSR count). The van der Waals surface area contributed by atoms with Gasteiger partial charge in [-0.1, -0.05) is 192 Å². The molecule has 0 radical (unpaired) electrons. The number of nitrogens with one attached hydrogen (secondary N) is 2. The Hall–Kier alpha value is -5.17. The third-order valence-electron chi connectivity index (χ3n) is 27.8. The van der Waals surface area contributed by atoms with Gasteiger partial charge in [-0.05, 0) is 231 Å². The van der Waals surface area contributed by atoms with Crippen LogP contribution in [0.3, 0.4) is 0 Å². The van der Waals surface area contributed by atoms with Crippen molar-refractivity contribution in [2.75, 3.05) is 13.1 Å². The average molecular weight is 1180 g/mol. The molecular formula is C82H104N2O4. The van der Waals surface area contributed by atoms with Gasteiger partial charge in [-0.15, -0.1) is 0 Å². The predicted octanol–water partition coefficient (Wildman–Crippen LogP) is 15.9. The summed E-state index contributed by atoms with van der Waals surface area (Å²) in [5.41, 5.74) is 12.8. The summed E-state index contributed by atoms with van der Waals surface area (Å²) in [7, 11) is 0. The van der Waals surface area contributed by atoms with Gasteiger partial charge in [0.1, 0.15) is 0 Å². The molecule has 6 nitrogen and oxygen atoms in total. The zero-order chi connectivity index (χ0) is 60.3. The third kappa shape index (κ3) is 9.34. The first-order valence-corrected chi connectivity index (χ1v) is 35.9. The van der Waals surface area contributed by atoms with Crippen LogP contribution in [0.4, 0.5) is 0 Å². The number of aliphatic hydroxyl groups is 2. The highest BCUT2D eigenvalue weighted by atomic mass is 16.4. The fraction of sp³-hybridized carbons (Fsp3) is 0.598. The standard InChI is InChI=1S/C82H104N2O4/c1-51(2)41-61-34-37-78(4)73(86)36-39-81-69-35-38-79(5)75-66(76(87)88)31-28-52(3)63(55-20-10-7-11-21-55)27-16-40-83-74-33-29-60(50-84-74)56-23-14-19-54(43-56)44-67-65-26-13-12-22-59(65)46-70(81)68(67)47-80(61,77(78)81)48-71(69)82(79,49-72(75)85)62-30-32-64-57(24-15-25-58(64)45-62)42-53-17-8-6-9-18-53/h6,8-9,12-14,17-19,22-23,26,29,33-34,43,46-47,51,55,57-58,62-64,66,70,72-73,75,77,83-86H,3,7,10-11,15-16,20-21,24-25,27-28,30-32,35-42,44-45,48-50H2,1-2,4-5H3,(H,87,88). The molecule has 2 spiro atoms. The fourth-order valence-electron chi connectivity index (χ4n) is 24.4. The number of allylic oxidation sites excluding steroid dienone is 9. The average Bonchev–Trinajstić information content (AvgIpc) is 0.955. The summed E-state index contributed by atoms with van der Waals surface area (Å²) in [5.74, 6) is 3.35. The minimum absolute atomic E-state index is 0.111. The second kappa shape index (κ2) is 22.9. The van der Waals surface area contributed by atoms with Crippen molar-refractivity contribution in [2.45, 2.75) is 200 Å². The van der Waals surface area contributed by atoms with Crippen molar-refractivity contribution in [2.24, 2.45) is 92.2 Å². The number of rotatable bonds is 7. The number of aliphatic hydroxyl groups excluding tert-OH is 2. The molecule has 16 aliphatic rings. The number of carboxylic acid groups (broad SMARTS) is 1. The van der Waals surface area contributed by atoms with E-state index in [0.717, 1.165) is 96.0 Å². The quantitative estimate of drug-likeness (QED) is 0.151. The molecule has 3 aromatic carbocycles. The van der Waals surface area contributed by atoms with Gasteiger partial charge in [-0.3, -0.25) is 4.79 Å². The summed E-state index contributed by atoms with van der Waals surface area (Å²) >= 11 is 0. The maximum Gasteiger partial charge on any atom is 0.306 e. The van der Waals surface area contributed by atoms with E-state index in [0.29, 0.717) is 60.7 Å². The molecule has 6 heterocycles. The Balaban J connectivity index is 0.940. The van der Waals surface area contributed by atoms with Crippen LogP contribution in [0.1, 0.15) is 192 Å². The lowest BCUT2D eigenvalue weighted by Crippen LogP contribution is -2.69. The lowest BCUT2D eigenvalue weighted by Gasteiger charge is -2.74. The van der Waals surface area contributed by atoms with Crippen molar-refractivity contribution in [1.82, 2.24) is 10.6 Å². The van der Waals surface area contributed by atoms with Gasteiger partial charge in [0.05, 0.1) is 23.9 Å². The molecule has 6 heteroatoms. The van der Waals surface area contributed by atoms with Crippen molar-refractivity contribution < 1.29 is 20.1 Å². The molecule has 0 aromatic heterocycles. The van der Waals surface area contributed by atoms with Crippen molar-refractivity contribution >= 4 is 23.2 Å². The smallest absolute Gasteiger partial charge is 0.306 e. The molecule has 5 saturated carbocycles. The SMILES string of the molecule is C=C1CCC(C(=O)O)C2C(O)CC3(C4CCC5C(Cc6ccccc6)CCCC5C4)C4=C(CCC23C)C23CCC(O)C5(C)CC=C(CC(C)C)C(C=C6C(=c7ccccc7=CC62)Cc2cccc(c2)C2=CC=C(NCCCC1C1CCCCC1)NC2)(C4)C53. The maximum atomic E-state index is 14.7. The van der Waals surface area contributed by atoms with Crippen molar-refractivity contribution in [3.8, 4) is 0 Å². The van der Waals surface area contributed by atoms with Gasteiger partial charge in [-0.2, -0.15) is 0 Å². The summed E-state index contributed by atoms with van der Waals surface area (Å²) in [6.07, 6.45) is 37.8. The van der Waals surface area contributed by atoms with E-state index in [9.17, 15) is 20.1 Å². The summed E-state index contributed by atoms with van der Waals surface area (Å²) < 4.78 is 0. The van der Waals surface area contributed by atoms with Gasteiger partial charge >= 0.3 is 5.97 Å². The monoisotopic (exact) mass is 1180 g/mol. The number of carboxylic acids is 1. The summed E-state index contributed by atoms with van der Waals surface area (Å²) in [6.45, 7) is 16.6. The summed E-state index contributed by atoms with van der Waals surface area (Å²) in [4.78, 5) is 14.7. The lowest BCUT2D eigenvalue weighted by atomic mass is 9.29. The number of benzene rings is 3. The molecule has 10 aliphatic carbocycles. The van der Waals surface area contributed by atoms with Crippen molar-refractivity contribution in [3.63, 3.8) is 0 Å². The summed E-state index contributed by atoms with van der Waals surface area (Å²) in [5, 5.41) is 49.1. The van der Waals surface area contributed by atoms with Crippen LogP contribution in [-0.2, 0) is 17.6 Å². The highest BCUT2D eigenvalue weighted by Gasteiger charge is 2.77. The van der Waals surface area contributed by atoms with E-state index >= 15 is 0 Å². The molecule has 0 amide bonds. The molecule has 16 unspecified atom stereocenters. The molecule has 6 aliphatic heterocycles. The second-order valence-electron chi connectivity index (χ2n) is 32.3. The number of aliphatic carboxylic acids is 1. The van der Waals surface area contributed by atoms with Crippen molar-refractivity contribution in [3.05, 3.63) is 171 Å². The van der Waals surface area contributed by atoms with Gasteiger partial charge < -0.3 is 26.0 Å². The second-order valence-corrected chi connectivity index (χ2v) is 32.3. The zero-order valence-corrected chi connectivity index (χ0v) is 53.9. The topological polar surface area (TPSA) is 102 Å². The van der Waals surface area contributed by atoms with Crippen molar-refractivity contribution in [1.29, 1.82) is 0 Å². The Labute approximate surface area is 527 Å². The summed E-state index contributed by atoms with van der Waals surface area (Å²) in [6, 6.07) is 30.1. The molecule has 466 valence electrons. The third-order valence-corrected chi connectivity index (χ3v) is 27.8. The highest BCUT2D eigenvalue weighted by Crippen LogP contribution is 2.83. The Morgan fingerprint density at radius 3 is 2.42 bits per heavy atom. The molecular weight excluding hydrogens is 1080 g/mol. The minimum atomic E-state index is -0.726. The van der Waals surface area contributed by atoms with Crippen LogP contribution in [0, 0.1) is 92.2 Å². The van der Waals surface area contributed by atoms with Gasteiger partial charge in [0.2, 0.25) is 0 Å². The van der Waals surface area contributed by atoms with Crippen LogP contribution in [-0.4, -0.2) is 46.6 Å². The van der Waals surface area contributed by atoms with Crippen LogP contribution in [0.5, 0.6) is 0 Å². The minimum Gasteiger partial charge on any atom is -0.481 e.